The number of hydrogen-bond donors (Lipinski definition) is 3. The number of aromatic nitrogens is 2. The summed E-state index contributed by atoms with van der Waals surface area (Å²) in [4.78, 5) is 8.30. The fourth-order valence-corrected chi connectivity index (χ4v) is 2.70. The molecule has 0 saturated heterocycles. The van der Waals surface area contributed by atoms with E-state index in [1.807, 2.05) is 0 Å². The molecule has 0 aliphatic heterocycles. The van der Waals surface area contributed by atoms with E-state index in [0.29, 0.717) is 17.3 Å². The lowest BCUT2D eigenvalue weighted by Gasteiger charge is -2.13. The normalized spacial score (nSPS) is 20.9. The number of aliphatic hydroxyl groups is 1. The Morgan fingerprint density at radius 1 is 1.18 bits per heavy atom. The Labute approximate surface area is 132 Å². The molecule has 5 nitrogen and oxygen atoms in total. The number of nitrogens with one attached hydrogen (secondary N) is 2. The zero-order chi connectivity index (χ0) is 15.5. The molecule has 1 fully saturated rings. The van der Waals surface area contributed by atoms with Crippen LogP contribution in [0.3, 0.4) is 0 Å². The predicted molar refractivity (Wildman–Crippen MR) is 84.0 cm³/mol. The van der Waals surface area contributed by atoms with Gasteiger partial charge in [-0.2, -0.15) is 0 Å². The van der Waals surface area contributed by atoms with E-state index in [-0.39, 0.29) is 17.2 Å². The van der Waals surface area contributed by atoms with Gasteiger partial charge in [-0.25, -0.2) is 14.4 Å². The van der Waals surface area contributed by atoms with Gasteiger partial charge in [-0.3, -0.25) is 0 Å². The van der Waals surface area contributed by atoms with E-state index in [1.165, 1.54) is 18.5 Å². The van der Waals surface area contributed by atoms with Gasteiger partial charge in [-0.05, 0) is 37.5 Å². The number of rotatable bonds is 4. The van der Waals surface area contributed by atoms with Gasteiger partial charge in [0.15, 0.2) is 0 Å². The second-order valence-electron chi connectivity index (χ2n) is 5.35. The van der Waals surface area contributed by atoms with E-state index >= 15 is 0 Å². The Bertz CT molecular complexity index is 670. The summed E-state index contributed by atoms with van der Waals surface area (Å²) in [5, 5.41) is 15.9. The highest BCUT2D eigenvalue weighted by Crippen LogP contribution is 2.25. The maximum Gasteiger partial charge on any atom is 0.141 e. The van der Waals surface area contributed by atoms with Gasteiger partial charge in [0.1, 0.15) is 23.8 Å². The molecule has 116 valence electrons. The molecule has 1 heterocycles. The number of anilines is 3. The molecule has 22 heavy (non-hydrogen) atoms. The lowest BCUT2D eigenvalue weighted by atomic mass is 10.2. The minimum atomic E-state index is -0.461. The molecule has 1 aromatic carbocycles. The Morgan fingerprint density at radius 3 is 2.73 bits per heavy atom. The van der Waals surface area contributed by atoms with Crippen LogP contribution in [0.5, 0.6) is 0 Å². The van der Waals surface area contributed by atoms with Gasteiger partial charge in [0.05, 0.1) is 11.1 Å². The Hall–Kier alpha value is -1.92. The molecule has 0 amide bonds. The highest BCUT2D eigenvalue weighted by atomic mass is 35.5. The van der Waals surface area contributed by atoms with Crippen LogP contribution in [-0.2, 0) is 0 Å². The number of nitrogens with zero attached hydrogens (tertiary/aromatic N) is 2. The van der Waals surface area contributed by atoms with E-state index in [9.17, 15) is 9.50 Å². The van der Waals surface area contributed by atoms with E-state index in [2.05, 4.69) is 20.6 Å². The van der Waals surface area contributed by atoms with Crippen LogP contribution < -0.4 is 10.6 Å². The Morgan fingerprint density at radius 2 is 2.00 bits per heavy atom. The van der Waals surface area contributed by atoms with Crippen LogP contribution in [-0.4, -0.2) is 27.2 Å². The lowest BCUT2D eigenvalue weighted by Crippen LogP contribution is -2.17. The summed E-state index contributed by atoms with van der Waals surface area (Å²) >= 11 is 5.75. The monoisotopic (exact) mass is 322 g/mol. The first-order valence-corrected chi connectivity index (χ1v) is 7.46. The van der Waals surface area contributed by atoms with E-state index in [1.54, 1.807) is 12.1 Å². The van der Waals surface area contributed by atoms with E-state index in [0.717, 1.165) is 19.3 Å². The van der Waals surface area contributed by atoms with Gasteiger partial charge in [-0.15, -0.1) is 0 Å². The summed E-state index contributed by atoms with van der Waals surface area (Å²) in [6, 6.07) is 6.37. The van der Waals surface area contributed by atoms with Crippen molar-refractivity contribution in [3.05, 3.63) is 41.4 Å². The second-order valence-corrected chi connectivity index (χ2v) is 5.76. The van der Waals surface area contributed by atoms with Crippen LogP contribution in [0.1, 0.15) is 19.3 Å². The minimum absolute atomic E-state index is 0.0531. The van der Waals surface area contributed by atoms with Crippen molar-refractivity contribution >= 4 is 28.9 Å². The predicted octanol–water partition coefficient (Wildman–Crippen LogP) is 3.34. The van der Waals surface area contributed by atoms with Gasteiger partial charge in [0.2, 0.25) is 0 Å². The molecule has 3 rings (SSSR count). The fourth-order valence-electron chi connectivity index (χ4n) is 2.52. The van der Waals surface area contributed by atoms with Crippen LogP contribution >= 0.6 is 11.6 Å². The molecule has 1 aromatic heterocycles. The summed E-state index contributed by atoms with van der Waals surface area (Å²) in [7, 11) is 0. The topological polar surface area (TPSA) is 70.1 Å². The zero-order valence-electron chi connectivity index (χ0n) is 11.8. The second kappa shape index (κ2) is 6.46. The quantitative estimate of drug-likeness (QED) is 0.805. The number of aliphatic hydroxyl groups excluding tert-OH is 1. The first kappa shape index (κ1) is 15.0. The van der Waals surface area contributed by atoms with Crippen LogP contribution in [0.15, 0.2) is 30.6 Å². The average Bonchev–Trinajstić information content (AvgIpc) is 2.89. The molecule has 1 saturated carbocycles. The summed E-state index contributed by atoms with van der Waals surface area (Å²) in [5.41, 5.74) is 0.646. The third kappa shape index (κ3) is 3.64. The van der Waals surface area contributed by atoms with Gasteiger partial charge in [0.25, 0.3) is 0 Å². The zero-order valence-corrected chi connectivity index (χ0v) is 12.5. The molecule has 0 bridgehead atoms. The van der Waals surface area contributed by atoms with Crippen molar-refractivity contribution in [2.75, 3.05) is 10.6 Å². The number of hydrogen-bond acceptors (Lipinski definition) is 5. The molecule has 2 aromatic rings. The van der Waals surface area contributed by atoms with Gasteiger partial charge >= 0.3 is 0 Å². The SMILES string of the molecule is OC1CCC(Nc2cc(Nc3ccc(F)c(Cl)c3)ncn2)C1. The molecule has 2 atom stereocenters. The summed E-state index contributed by atoms with van der Waals surface area (Å²) in [6.45, 7) is 0. The summed E-state index contributed by atoms with van der Waals surface area (Å²) in [6.07, 6.45) is 3.66. The van der Waals surface area contributed by atoms with E-state index < -0.39 is 5.82 Å². The molecule has 1 aliphatic rings. The van der Waals surface area contributed by atoms with Crippen molar-refractivity contribution in [3.63, 3.8) is 0 Å². The molecule has 2 unspecified atom stereocenters. The molecule has 0 radical (unpaired) electrons. The van der Waals surface area contributed by atoms with Crippen molar-refractivity contribution < 1.29 is 9.50 Å². The van der Waals surface area contributed by atoms with Crippen molar-refractivity contribution in [2.45, 2.75) is 31.4 Å². The first-order valence-electron chi connectivity index (χ1n) is 7.09. The number of halogens is 2. The van der Waals surface area contributed by atoms with Crippen LogP contribution in [0.2, 0.25) is 5.02 Å². The Balaban J connectivity index is 1.69. The van der Waals surface area contributed by atoms with Crippen molar-refractivity contribution in [1.82, 2.24) is 9.97 Å². The molecule has 0 spiro atoms. The van der Waals surface area contributed by atoms with Gasteiger partial charge < -0.3 is 15.7 Å². The fraction of sp³-hybridized carbons (Fsp3) is 0.333. The largest absolute Gasteiger partial charge is 0.393 e. The number of benzene rings is 1. The standard InChI is InChI=1S/C15H16ClFN4O/c16-12-6-10(2-4-13(12)17)21-15-7-14(18-8-19-15)20-9-1-3-11(22)5-9/h2,4,6-9,11,22H,1,3,5H2,(H2,18,19,20,21). The minimum Gasteiger partial charge on any atom is -0.393 e. The molecule has 7 heteroatoms. The van der Waals surface area contributed by atoms with Gasteiger partial charge in [0, 0.05) is 17.8 Å². The summed E-state index contributed by atoms with van der Waals surface area (Å²) < 4.78 is 13.1. The lowest BCUT2D eigenvalue weighted by molar-refractivity contribution is 0.182. The average molecular weight is 323 g/mol. The highest BCUT2D eigenvalue weighted by Gasteiger charge is 2.22. The van der Waals surface area contributed by atoms with Crippen LogP contribution in [0, 0.1) is 5.82 Å². The molecular weight excluding hydrogens is 307 g/mol. The third-order valence-corrected chi connectivity index (χ3v) is 3.91. The third-order valence-electron chi connectivity index (χ3n) is 3.62. The maximum absolute atomic E-state index is 13.1. The van der Waals surface area contributed by atoms with Gasteiger partial charge in [-0.1, -0.05) is 11.6 Å². The van der Waals surface area contributed by atoms with Crippen LogP contribution in [0.4, 0.5) is 21.7 Å². The van der Waals surface area contributed by atoms with Crippen molar-refractivity contribution in [2.24, 2.45) is 0 Å². The highest BCUT2D eigenvalue weighted by molar-refractivity contribution is 6.31. The summed E-state index contributed by atoms with van der Waals surface area (Å²) in [5.74, 6) is 0.806. The molecular formula is C15H16ClFN4O. The smallest absolute Gasteiger partial charge is 0.141 e. The van der Waals surface area contributed by atoms with Crippen LogP contribution in [0.25, 0.3) is 0 Å². The molecule has 1 aliphatic carbocycles. The Kier molecular flexibility index (Phi) is 4.40. The maximum atomic E-state index is 13.1. The molecule has 3 N–H and O–H groups in total. The van der Waals surface area contributed by atoms with E-state index in [4.69, 9.17) is 11.6 Å². The first-order chi connectivity index (χ1) is 10.6. The van der Waals surface area contributed by atoms with Crippen molar-refractivity contribution in [1.29, 1.82) is 0 Å². The van der Waals surface area contributed by atoms with Crippen molar-refractivity contribution in [3.8, 4) is 0 Å².